The number of aromatic nitrogens is 2. The lowest BCUT2D eigenvalue weighted by Crippen LogP contribution is -2.42. The molecule has 3 aromatic rings. The molecule has 2 aromatic heterocycles. The van der Waals surface area contributed by atoms with E-state index in [0.717, 1.165) is 61.3 Å². The smallest absolute Gasteiger partial charge is 0.250 e. The summed E-state index contributed by atoms with van der Waals surface area (Å²) >= 11 is 0. The molecule has 4 heterocycles. The summed E-state index contributed by atoms with van der Waals surface area (Å²) in [6.07, 6.45) is 5.29. The van der Waals surface area contributed by atoms with Crippen molar-refractivity contribution in [2.75, 3.05) is 19.7 Å². The van der Waals surface area contributed by atoms with Gasteiger partial charge in [-0.1, -0.05) is 11.2 Å². The number of pyridine rings is 2. The van der Waals surface area contributed by atoms with Crippen molar-refractivity contribution in [1.82, 2.24) is 14.5 Å². The van der Waals surface area contributed by atoms with E-state index in [0.29, 0.717) is 30.2 Å². The topological polar surface area (TPSA) is 69.0 Å². The summed E-state index contributed by atoms with van der Waals surface area (Å²) in [6, 6.07) is 9.11. The van der Waals surface area contributed by atoms with E-state index in [4.69, 9.17) is 9.57 Å². The van der Waals surface area contributed by atoms with Gasteiger partial charge in [0.15, 0.2) is 11.6 Å². The molecule has 1 aromatic carbocycles. The monoisotopic (exact) mass is 494 g/mol. The van der Waals surface area contributed by atoms with Crippen LogP contribution in [0, 0.1) is 11.6 Å². The van der Waals surface area contributed by atoms with E-state index in [1.54, 1.807) is 30.8 Å². The number of nitrogens with zero attached hydrogens (tertiary/aromatic N) is 4. The molecule has 0 unspecified atom stereocenters. The highest BCUT2D eigenvalue weighted by atomic mass is 19.2. The number of piperidine rings is 1. The van der Waals surface area contributed by atoms with Crippen LogP contribution in [0.15, 0.2) is 58.7 Å². The molecule has 1 saturated heterocycles. The first-order chi connectivity index (χ1) is 17.4. The van der Waals surface area contributed by atoms with Crippen molar-refractivity contribution in [2.24, 2.45) is 12.2 Å². The van der Waals surface area contributed by atoms with Crippen molar-refractivity contribution in [3.8, 4) is 0 Å². The van der Waals surface area contributed by atoms with Gasteiger partial charge in [-0.2, -0.15) is 0 Å². The Morgan fingerprint density at radius 2 is 1.97 bits per heavy atom. The van der Waals surface area contributed by atoms with E-state index in [2.05, 4.69) is 15.0 Å². The van der Waals surface area contributed by atoms with E-state index in [1.165, 1.54) is 6.07 Å². The predicted molar refractivity (Wildman–Crippen MR) is 131 cm³/mol. The van der Waals surface area contributed by atoms with Gasteiger partial charge in [0.1, 0.15) is 12.3 Å². The molecule has 0 bridgehead atoms. The SMILES string of the molecule is CCO/N=C(\c1ccc(F)c(F)c1)c1ccc(CN2CCC3(CC2)OCc2cn(C)c(=O)cc23)cn1. The summed E-state index contributed by atoms with van der Waals surface area (Å²) in [4.78, 5) is 24.3. The number of aryl methyl sites for hydroxylation is 1. The zero-order chi connectivity index (χ0) is 25.3. The van der Waals surface area contributed by atoms with E-state index < -0.39 is 11.6 Å². The number of halogens is 2. The van der Waals surface area contributed by atoms with Gasteiger partial charge in [0, 0.05) is 56.3 Å². The first-order valence-electron chi connectivity index (χ1n) is 12.1. The maximum absolute atomic E-state index is 13.8. The van der Waals surface area contributed by atoms with Crippen LogP contribution in [-0.4, -0.2) is 39.9 Å². The number of hydrogen-bond acceptors (Lipinski definition) is 6. The standard InChI is InChI=1S/C27H28F2N4O3/c1-3-36-31-26(19-5-6-22(28)23(29)12-19)24-7-4-18(14-30-24)15-33-10-8-27(9-11-33)21-13-25(34)32(2)16-20(21)17-35-27/h4-7,12-14,16H,3,8-11,15,17H2,1-2H3/b31-26+. The maximum atomic E-state index is 13.8. The van der Waals surface area contributed by atoms with Gasteiger partial charge in [0.2, 0.25) is 0 Å². The summed E-state index contributed by atoms with van der Waals surface area (Å²) < 4.78 is 35.0. The number of rotatable bonds is 6. The fourth-order valence-electron chi connectivity index (χ4n) is 4.94. The summed E-state index contributed by atoms with van der Waals surface area (Å²) in [7, 11) is 1.76. The Hall–Kier alpha value is -3.43. The predicted octanol–water partition coefficient (Wildman–Crippen LogP) is 3.87. The number of fused-ring (bicyclic) bond motifs is 2. The van der Waals surface area contributed by atoms with Crippen molar-refractivity contribution >= 4 is 5.71 Å². The minimum atomic E-state index is -0.953. The van der Waals surface area contributed by atoms with Gasteiger partial charge in [0.25, 0.3) is 5.56 Å². The molecule has 0 aliphatic carbocycles. The zero-order valence-corrected chi connectivity index (χ0v) is 20.3. The maximum Gasteiger partial charge on any atom is 0.250 e. The van der Waals surface area contributed by atoms with E-state index in [-0.39, 0.29) is 11.2 Å². The molecular formula is C27H28F2N4O3. The minimum absolute atomic E-state index is 0.0113. The number of benzene rings is 1. The second kappa shape index (κ2) is 9.91. The Kier molecular flexibility index (Phi) is 6.68. The lowest BCUT2D eigenvalue weighted by atomic mass is 9.84. The molecule has 7 nitrogen and oxygen atoms in total. The van der Waals surface area contributed by atoms with Gasteiger partial charge in [-0.3, -0.25) is 14.7 Å². The van der Waals surface area contributed by atoms with Crippen molar-refractivity contribution in [3.05, 3.63) is 98.7 Å². The van der Waals surface area contributed by atoms with Gasteiger partial charge < -0.3 is 14.1 Å². The molecule has 9 heteroatoms. The Labute approximate surface area is 208 Å². The lowest BCUT2D eigenvalue weighted by Gasteiger charge is -2.39. The van der Waals surface area contributed by atoms with Gasteiger partial charge >= 0.3 is 0 Å². The molecule has 0 saturated carbocycles. The third-order valence-corrected chi connectivity index (χ3v) is 6.92. The Bertz CT molecular complexity index is 1350. The van der Waals surface area contributed by atoms with Crippen molar-refractivity contribution < 1.29 is 18.4 Å². The Balaban J connectivity index is 1.27. The molecule has 1 fully saturated rings. The second-order valence-electron chi connectivity index (χ2n) is 9.26. The molecule has 0 amide bonds. The average molecular weight is 495 g/mol. The largest absolute Gasteiger partial charge is 0.396 e. The van der Waals surface area contributed by atoms with Crippen LogP contribution in [-0.2, 0) is 35.4 Å². The number of hydrogen-bond donors (Lipinski definition) is 0. The number of likely N-dealkylation sites (tertiary alicyclic amines) is 1. The van der Waals surface area contributed by atoms with Crippen LogP contribution in [0.4, 0.5) is 8.78 Å². The van der Waals surface area contributed by atoms with Crippen LogP contribution in [0.2, 0.25) is 0 Å². The fourth-order valence-corrected chi connectivity index (χ4v) is 4.94. The average Bonchev–Trinajstić information content (AvgIpc) is 3.20. The summed E-state index contributed by atoms with van der Waals surface area (Å²) in [5.41, 5.74) is 4.00. The Morgan fingerprint density at radius 3 is 2.67 bits per heavy atom. The summed E-state index contributed by atoms with van der Waals surface area (Å²) in [5.74, 6) is -1.87. The van der Waals surface area contributed by atoms with E-state index in [1.807, 2.05) is 18.3 Å². The van der Waals surface area contributed by atoms with E-state index >= 15 is 0 Å². The van der Waals surface area contributed by atoms with Gasteiger partial charge in [0.05, 0.1) is 17.9 Å². The minimum Gasteiger partial charge on any atom is -0.396 e. The fraction of sp³-hybridized carbons (Fsp3) is 0.370. The van der Waals surface area contributed by atoms with E-state index in [9.17, 15) is 13.6 Å². The molecule has 36 heavy (non-hydrogen) atoms. The van der Waals surface area contributed by atoms with Crippen molar-refractivity contribution in [1.29, 1.82) is 0 Å². The van der Waals surface area contributed by atoms with Crippen LogP contribution >= 0.6 is 0 Å². The second-order valence-corrected chi connectivity index (χ2v) is 9.26. The molecule has 2 aliphatic heterocycles. The first kappa shape index (κ1) is 24.3. The van der Waals surface area contributed by atoms with Crippen molar-refractivity contribution in [3.63, 3.8) is 0 Å². The first-order valence-corrected chi connectivity index (χ1v) is 12.1. The van der Waals surface area contributed by atoms with Crippen molar-refractivity contribution in [2.45, 2.75) is 38.5 Å². The zero-order valence-electron chi connectivity index (χ0n) is 20.3. The summed E-state index contributed by atoms with van der Waals surface area (Å²) in [6.45, 7) is 5.06. The van der Waals surface area contributed by atoms with Crippen LogP contribution in [0.1, 0.15) is 47.7 Å². The number of oxime groups is 1. The van der Waals surface area contributed by atoms with Crippen LogP contribution in [0.3, 0.4) is 0 Å². The highest BCUT2D eigenvalue weighted by Crippen LogP contribution is 2.43. The number of ether oxygens (including phenoxy) is 1. The molecule has 0 radical (unpaired) electrons. The van der Waals surface area contributed by atoms with Gasteiger partial charge in [-0.05, 0) is 55.2 Å². The quantitative estimate of drug-likeness (QED) is 0.385. The highest BCUT2D eigenvalue weighted by Gasteiger charge is 2.43. The van der Waals surface area contributed by atoms with Gasteiger partial charge in [-0.15, -0.1) is 0 Å². The summed E-state index contributed by atoms with van der Waals surface area (Å²) in [5, 5.41) is 4.09. The van der Waals surface area contributed by atoms with Gasteiger partial charge in [-0.25, -0.2) is 8.78 Å². The lowest BCUT2D eigenvalue weighted by molar-refractivity contribution is -0.0799. The van der Waals surface area contributed by atoms with Crippen LogP contribution in [0.25, 0.3) is 0 Å². The Morgan fingerprint density at radius 1 is 1.17 bits per heavy atom. The normalized spacial score (nSPS) is 17.4. The third kappa shape index (κ3) is 4.68. The molecule has 188 valence electrons. The molecule has 0 atom stereocenters. The van der Waals surface area contributed by atoms with Crippen LogP contribution in [0.5, 0.6) is 0 Å². The molecule has 5 rings (SSSR count). The molecule has 1 spiro atoms. The molecule has 2 aliphatic rings. The highest BCUT2D eigenvalue weighted by molar-refractivity contribution is 6.11. The third-order valence-electron chi connectivity index (χ3n) is 6.92. The molecular weight excluding hydrogens is 466 g/mol. The van der Waals surface area contributed by atoms with Crippen LogP contribution < -0.4 is 5.56 Å². The molecule has 0 N–H and O–H groups in total.